The molecule has 1 amide bonds. The third kappa shape index (κ3) is 23.9. The zero-order valence-corrected chi connectivity index (χ0v) is 86.2. The molecule has 0 aromatic heterocycles. The Bertz CT molecular complexity index is 5350. The smallest absolute Gasteiger partial charge is 0.345 e. The first-order valence-electron chi connectivity index (χ1n) is 36.9. The molecule has 117 heavy (non-hydrogen) atoms. The molecule has 11 nitrogen and oxygen atoms in total. The van der Waals surface area contributed by atoms with Crippen LogP contribution in [0.2, 0.25) is 0 Å². The Morgan fingerprint density at radius 2 is 0.675 bits per heavy atom. The number of anilines is 2. The molecule has 13 rings (SSSR count). The lowest BCUT2D eigenvalue weighted by atomic mass is 9.79. The number of rotatable bonds is 23. The molecule has 23 heteroatoms. The predicted molar refractivity (Wildman–Crippen MR) is 549 cm³/mol. The summed E-state index contributed by atoms with van der Waals surface area (Å²) in [6, 6.07) is 96.4. The van der Waals surface area contributed by atoms with E-state index in [0.717, 1.165) is 67.4 Å². The van der Waals surface area contributed by atoms with Crippen molar-refractivity contribution in [3.05, 3.63) is 357 Å². The maximum atomic E-state index is 13.8. The van der Waals surface area contributed by atoms with Crippen LogP contribution in [0.15, 0.2) is 335 Å². The van der Waals surface area contributed by atoms with Crippen LogP contribution in [0.3, 0.4) is 0 Å². The topological polar surface area (TPSA) is 146 Å². The van der Waals surface area contributed by atoms with Crippen LogP contribution in [0.5, 0.6) is 0 Å². The van der Waals surface area contributed by atoms with Gasteiger partial charge < -0.3 is 29.6 Å². The van der Waals surface area contributed by atoms with Crippen molar-refractivity contribution in [3.63, 3.8) is 0 Å². The molecule has 0 bridgehead atoms. The summed E-state index contributed by atoms with van der Waals surface area (Å²) < 4.78 is 31.3. The zero-order valence-electron chi connectivity index (χ0n) is 64.3. The largest absolute Gasteiger partial charge is 0.452 e. The number of allylic oxidation sites excluding steroid dienone is 1. The van der Waals surface area contributed by atoms with Crippen LogP contribution in [-0.2, 0) is 78.0 Å². The second-order valence-electron chi connectivity index (χ2n) is 27.9. The monoisotopic (exact) mass is 2620 g/mol. The van der Waals surface area contributed by atoms with E-state index >= 15 is 0 Å². The molecule has 1 aliphatic rings. The average Bonchev–Trinajstić information content (AvgIpc) is 0.777. The van der Waals surface area contributed by atoms with Gasteiger partial charge in [0.2, 0.25) is 5.91 Å². The molecule has 598 valence electrons. The fraction of sp³-hybridized carbons (Fsp3) is 0.160. The summed E-state index contributed by atoms with van der Waals surface area (Å²) in [4.78, 5) is 75.9. The van der Waals surface area contributed by atoms with Crippen molar-refractivity contribution in [2.45, 2.75) is 135 Å². The molecule has 0 heterocycles. The quantitative estimate of drug-likeness (QED) is 0.0209. The first kappa shape index (κ1) is 92.9. The van der Waals surface area contributed by atoms with Crippen LogP contribution in [0.4, 0.5) is 11.4 Å². The van der Waals surface area contributed by atoms with E-state index < -0.39 is 41.3 Å². The van der Waals surface area contributed by atoms with Gasteiger partial charge in [-0.25, -0.2) is 19.2 Å². The summed E-state index contributed by atoms with van der Waals surface area (Å²) in [6.45, 7) is 14.2. The Kier molecular flexibility index (Phi) is 34.5. The van der Waals surface area contributed by atoms with Gasteiger partial charge in [-0.1, -0.05) is 159 Å². The van der Waals surface area contributed by atoms with E-state index in [9.17, 15) is 24.0 Å². The molecular weight excluding hydrogens is 2540 g/mol. The van der Waals surface area contributed by atoms with E-state index in [2.05, 4.69) is 427 Å². The second-order valence-corrected chi connectivity index (χ2v) is 44.0. The van der Waals surface area contributed by atoms with Crippen molar-refractivity contribution in [1.29, 1.82) is 0 Å². The van der Waals surface area contributed by atoms with E-state index in [4.69, 9.17) is 18.9 Å². The fourth-order valence-electron chi connectivity index (χ4n) is 13.0. The Morgan fingerprint density at radius 1 is 0.359 bits per heavy atom. The number of amides is 1. The fourth-order valence-corrected chi connectivity index (χ4v) is 28.1. The summed E-state index contributed by atoms with van der Waals surface area (Å²) >= 11 is 19.6. The molecule has 1 aliphatic carbocycles. The molecule has 0 aliphatic heterocycles. The molecule has 0 saturated heterocycles. The third-order valence-electron chi connectivity index (χ3n) is 18.7. The minimum atomic E-state index is -0.918. The summed E-state index contributed by atoms with van der Waals surface area (Å²) in [6.07, 6.45) is 5.03. The standard InChI is InChI=1S/C33H29I3N2O3S.C31H26I3O2S.C30H24I3O4S/c1-20(2)37-30-27(34)26(28(35)31(29(30)36)38-21(3)39)32(40)41-33(4,5)22-16-18-25(19-17-22)42(23-12-8-6-9-13-23)24-14-10-7-11-15-24;32-26-18-19-27(33)29(34)28(26)30(35)36-31(20-8-3-9-21-31)22-14-16-25(17-15-22)37(23-10-4-1-5-11-23)24-12-6-2-7-13-24;1-30(2,37-26(34)19-36-29(35)27-24(31)17-18-25(32)28(27)33)20-13-15-23(16-14-20)38(21-9-5-3-6-10-21)22-11-7-4-8-12-22/h6-19,37H,1H2,2-5H3;1-2,4-7,10-19H,3,8-9,20-21H2;3-18H,19H2,1-2H3/q;2*+1/p+1. The lowest BCUT2D eigenvalue weighted by molar-refractivity contribution is -0.161. The maximum absolute atomic E-state index is 13.8. The summed E-state index contributed by atoms with van der Waals surface area (Å²) in [7, 11) is -0.734. The predicted octanol–water partition coefficient (Wildman–Crippen LogP) is 27.4. The third-order valence-corrected chi connectivity index (χ3v) is 36.5. The summed E-state index contributed by atoms with van der Waals surface area (Å²) in [5, 5.41) is 6.13. The number of benzene rings is 12. The molecule has 12 aromatic rings. The van der Waals surface area contributed by atoms with E-state index in [0.29, 0.717) is 40.9 Å². The first-order chi connectivity index (χ1) is 56.1. The Labute approximate surface area is 816 Å². The normalized spacial score (nSPS) is 12.4. The molecular formula is C94H80I9N2O9S3+3. The molecule has 12 aromatic carbocycles. The Balaban J connectivity index is 0.000000173. The van der Waals surface area contributed by atoms with Gasteiger partial charge in [0.1, 0.15) is 16.8 Å². The lowest BCUT2D eigenvalue weighted by Gasteiger charge is -2.37. The van der Waals surface area contributed by atoms with Crippen LogP contribution in [0.1, 0.15) is 121 Å². The molecule has 0 unspecified atom stereocenters. The van der Waals surface area contributed by atoms with Gasteiger partial charge in [0.15, 0.2) is 50.7 Å². The number of nitrogens with one attached hydrogen (secondary N) is 2. The average molecular weight is 2620 g/mol. The number of carbonyl (C=O) groups excluding carboxylic acids is 5. The minimum Gasteiger partial charge on any atom is -0.452 e. The number of halogens is 9. The van der Waals surface area contributed by atoms with Crippen molar-refractivity contribution >= 4 is 277 Å². The van der Waals surface area contributed by atoms with Gasteiger partial charge >= 0.3 is 23.9 Å². The van der Waals surface area contributed by atoms with Gasteiger partial charge in [-0.05, 0) is 414 Å². The molecule has 1 saturated carbocycles. The second kappa shape index (κ2) is 43.5. The zero-order chi connectivity index (χ0) is 83.7. The van der Waals surface area contributed by atoms with E-state index in [-0.39, 0.29) is 44.6 Å². The number of hydrogen-bond donors (Lipinski definition) is 2. The summed E-state index contributed by atoms with van der Waals surface area (Å²) in [5.74, 6) is -2.05. The maximum Gasteiger partial charge on any atom is 0.345 e. The van der Waals surface area contributed by atoms with Gasteiger partial charge in [0, 0.05) is 34.0 Å². The van der Waals surface area contributed by atoms with Crippen molar-refractivity contribution in [1.82, 2.24) is 0 Å². The number of hydrogen-bond acceptors (Lipinski definition) is 10. The minimum absolute atomic E-state index is 0.201. The van der Waals surface area contributed by atoms with Gasteiger partial charge in [-0.15, -0.1) is 0 Å². The van der Waals surface area contributed by atoms with Gasteiger partial charge in [0.25, 0.3) is 0 Å². The number of esters is 4. The highest BCUT2D eigenvalue weighted by Gasteiger charge is 2.41. The van der Waals surface area contributed by atoms with Crippen molar-refractivity contribution in [2.75, 3.05) is 17.2 Å². The van der Waals surface area contributed by atoms with E-state index in [1.807, 2.05) is 107 Å². The van der Waals surface area contributed by atoms with Crippen molar-refractivity contribution < 1.29 is 42.9 Å². The number of carbonyl (C=O) groups is 5. The SMILES string of the molecule is C=C(C)Nc1c(I)c(NC(C)=O)c(I)c(C(=O)OC(C)(C)c2ccc([S+](c3ccccc3)c3ccccc3)cc2)c1I.CC(C)(OC(=O)COC(=O)c1c(I)ccc(I)c1I)c1ccc([S+](c2ccccc2)c2ccccc2)cc1.O=C(OC1(c2ccc([S+](c3ccccc3)c3ccccc3)cc2)CCCCC1)c1c(I)ccc(I)c1I. The molecule has 0 radical (unpaired) electrons. The summed E-state index contributed by atoms with van der Waals surface area (Å²) in [5.41, 5.74) is 3.96. The van der Waals surface area contributed by atoms with Crippen molar-refractivity contribution in [2.24, 2.45) is 0 Å². The Hall–Kier alpha value is -4.85. The lowest BCUT2D eigenvalue weighted by Crippen LogP contribution is -2.35. The van der Waals surface area contributed by atoms with Crippen LogP contribution in [0.25, 0.3) is 0 Å². The number of ether oxygens (including phenoxy) is 4. The van der Waals surface area contributed by atoms with Gasteiger partial charge in [0.05, 0.1) is 71.5 Å². The Morgan fingerprint density at radius 3 is 1.03 bits per heavy atom. The molecule has 0 atom stereocenters. The highest BCUT2D eigenvalue weighted by atomic mass is 127. The van der Waals surface area contributed by atoms with Crippen molar-refractivity contribution in [3.8, 4) is 0 Å². The van der Waals surface area contributed by atoms with Gasteiger partial charge in [-0.2, -0.15) is 0 Å². The first-order valence-corrected chi connectivity index (χ1v) is 50.3. The highest BCUT2D eigenvalue weighted by molar-refractivity contribution is 14.1. The van der Waals surface area contributed by atoms with Crippen LogP contribution < -0.4 is 10.6 Å². The van der Waals surface area contributed by atoms with Crippen LogP contribution in [-0.4, -0.2) is 36.4 Å². The molecule has 1 fully saturated rings. The van der Waals surface area contributed by atoms with E-state index in [1.54, 1.807) is 0 Å². The molecule has 2 N–H and O–H groups in total. The van der Waals surface area contributed by atoms with Crippen LogP contribution in [0, 0.1) is 32.1 Å². The van der Waals surface area contributed by atoms with E-state index in [1.165, 1.54) is 57.4 Å². The van der Waals surface area contributed by atoms with Gasteiger partial charge in [-0.3, -0.25) is 4.79 Å². The molecule has 0 spiro atoms. The van der Waals surface area contributed by atoms with Crippen LogP contribution >= 0.6 is 203 Å². The highest BCUT2D eigenvalue weighted by Crippen LogP contribution is 2.46.